The van der Waals surface area contributed by atoms with Gasteiger partial charge in [-0.1, -0.05) is 22.9 Å². The van der Waals surface area contributed by atoms with Crippen molar-refractivity contribution in [2.24, 2.45) is 0 Å². The van der Waals surface area contributed by atoms with Crippen molar-refractivity contribution >= 4 is 32.7 Å². The Kier molecular flexibility index (Phi) is 4.60. The fourth-order valence-corrected chi connectivity index (χ4v) is 2.36. The number of amides is 1. The number of halogens is 1. The molecule has 0 spiro atoms. The van der Waals surface area contributed by atoms with Crippen molar-refractivity contribution in [3.8, 4) is 0 Å². The average molecular weight is 337 g/mol. The van der Waals surface area contributed by atoms with E-state index in [-0.39, 0.29) is 23.9 Å². The number of nitrogens with one attached hydrogen (secondary N) is 1. The number of rotatable bonds is 4. The van der Waals surface area contributed by atoms with Gasteiger partial charge >= 0.3 is 0 Å². The zero-order valence-corrected chi connectivity index (χ0v) is 13.1. The Labute approximate surface area is 125 Å². The van der Waals surface area contributed by atoms with Gasteiger partial charge in [0, 0.05) is 28.2 Å². The van der Waals surface area contributed by atoms with Gasteiger partial charge < -0.3 is 9.88 Å². The second-order valence-electron chi connectivity index (χ2n) is 4.85. The van der Waals surface area contributed by atoms with Crippen LogP contribution in [0.3, 0.4) is 0 Å². The van der Waals surface area contributed by atoms with Crippen LogP contribution >= 0.6 is 15.9 Å². The molecule has 0 aliphatic carbocycles. The van der Waals surface area contributed by atoms with Crippen LogP contribution in [-0.2, 0) is 11.3 Å². The quantitative estimate of drug-likeness (QED) is 0.933. The minimum atomic E-state index is -0.0489. The number of carbonyl (C=O) groups excluding carboxylic acids is 1. The summed E-state index contributed by atoms with van der Waals surface area (Å²) in [6.07, 6.45) is 2.55. The lowest BCUT2D eigenvalue weighted by atomic mass is 10.2. The normalized spacial score (nSPS) is 12.3. The van der Waals surface area contributed by atoms with Gasteiger partial charge in [-0.3, -0.25) is 9.59 Å². The molecule has 0 radical (unpaired) electrons. The van der Waals surface area contributed by atoms with Gasteiger partial charge in [-0.25, -0.2) is 0 Å². The molecule has 0 unspecified atom stereocenters. The lowest BCUT2D eigenvalue weighted by molar-refractivity contribution is -0.122. The highest BCUT2D eigenvalue weighted by molar-refractivity contribution is 9.10. The zero-order valence-electron chi connectivity index (χ0n) is 11.5. The number of nitrogens with zero attached hydrogens (tertiary/aromatic N) is 1. The Morgan fingerprint density at radius 2 is 2.15 bits per heavy atom. The summed E-state index contributed by atoms with van der Waals surface area (Å²) >= 11 is 3.36. The molecule has 0 fully saturated rings. The first-order valence-corrected chi connectivity index (χ1v) is 7.38. The minimum Gasteiger partial charge on any atom is -0.352 e. The van der Waals surface area contributed by atoms with Crippen LogP contribution in [0.25, 0.3) is 10.9 Å². The molecule has 1 amide bonds. The molecule has 4 nitrogen and oxygen atoms in total. The minimum absolute atomic E-state index is 0.0418. The molecule has 0 saturated carbocycles. The largest absolute Gasteiger partial charge is 0.352 e. The maximum absolute atomic E-state index is 12.0. The summed E-state index contributed by atoms with van der Waals surface area (Å²) in [4.78, 5) is 23.8. The van der Waals surface area contributed by atoms with Crippen molar-refractivity contribution in [1.82, 2.24) is 9.88 Å². The van der Waals surface area contributed by atoms with Crippen LogP contribution in [0.15, 0.2) is 39.7 Å². The summed E-state index contributed by atoms with van der Waals surface area (Å²) in [5, 5.41) is 3.53. The van der Waals surface area contributed by atoms with Crippen molar-refractivity contribution in [1.29, 1.82) is 0 Å². The Bertz CT molecular complexity index is 694. The first-order valence-electron chi connectivity index (χ1n) is 6.59. The number of hydrogen-bond acceptors (Lipinski definition) is 2. The monoisotopic (exact) mass is 336 g/mol. The predicted molar refractivity (Wildman–Crippen MR) is 83.8 cm³/mol. The fourth-order valence-electron chi connectivity index (χ4n) is 2.00. The fraction of sp³-hybridized carbons (Fsp3) is 0.333. The highest BCUT2D eigenvalue weighted by atomic mass is 79.9. The summed E-state index contributed by atoms with van der Waals surface area (Å²) < 4.78 is 2.64. The molecule has 1 aromatic carbocycles. The van der Waals surface area contributed by atoms with E-state index in [2.05, 4.69) is 21.2 Å². The third-order valence-electron chi connectivity index (χ3n) is 3.27. The Hall–Kier alpha value is -1.62. The molecule has 1 N–H and O–H groups in total. The molecule has 2 aromatic rings. The van der Waals surface area contributed by atoms with Crippen LogP contribution in [0, 0.1) is 0 Å². The average Bonchev–Trinajstić information content (AvgIpc) is 2.42. The standard InChI is InChI=1S/C15H17BrN2O2/c1-3-10(2)17-15(20)9-18-7-6-14(19)12-8-11(16)4-5-13(12)18/h4-8,10H,3,9H2,1-2H3,(H,17,20)/t10-/m0/s1. The molecule has 2 rings (SSSR count). The molecule has 1 heterocycles. The molecular formula is C15H17BrN2O2. The van der Waals surface area contributed by atoms with Gasteiger partial charge in [-0.15, -0.1) is 0 Å². The molecule has 1 atom stereocenters. The van der Waals surface area contributed by atoms with Crippen LogP contribution in [0.4, 0.5) is 0 Å². The van der Waals surface area contributed by atoms with Gasteiger partial charge in [0.25, 0.3) is 0 Å². The lowest BCUT2D eigenvalue weighted by Gasteiger charge is -2.14. The summed E-state index contributed by atoms with van der Waals surface area (Å²) in [5.41, 5.74) is 0.722. The van der Waals surface area contributed by atoms with Gasteiger partial charge in [-0.05, 0) is 31.5 Å². The number of fused-ring (bicyclic) bond motifs is 1. The van der Waals surface area contributed by atoms with Crippen LogP contribution in [0.2, 0.25) is 0 Å². The maximum Gasteiger partial charge on any atom is 0.240 e. The van der Waals surface area contributed by atoms with E-state index in [0.29, 0.717) is 5.39 Å². The lowest BCUT2D eigenvalue weighted by Crippen LogP contribution is -2.34. The summed E-state index contributed by atoms with van der Waals surface area (Å²) in [6.45, 7) is 4.21. The molecule has 1 aromatic heterocycles. The third-order valence-corrected chi connectivity index (χ3v) is 3.77. The predicted octanol–water partition coefficient (Wildman–Crippen LogP) is 2.68. The number of carbonyl (C=O) groups is 1. The Balaban J connectivity index is 2.34. The van der Waals surface area contributed by atoms with Gasteiger partial charge in [0.2, 0.25) is 5.91 Å². The third kappa shape index (κ3) is 3.28. The molecular weight excluding hydrogens is 320 g/mol. The molecule has 0 saturated heterocycles. The van der Waals surface area contributed by atoms with Crippen molar-refractivity contribution in [3.63, 3.8) is 0 Å². The van der Waals surface area contributed by atoms with E-state index in [1.54, 1.807) is 16.8 Å². The Morgan fingerprint density at radius 3 is 2.85 bits per heavy atom. The summed E-state index contributed by atoms with van der Waals surface area (Å²) in [6, 6.07) is 7.14. The number of pyridine rings is 1. The molecule has 0 aliphatic heterocycles. The topological polar surface area (TPSA) is 51.1 Å². The zero-order chi connectivity index (χ0) is 14.7. The van der Waals surface area contributed by atoms with Crippen molar-refractivity contribution < 1.29 is 4.79 Å². The SMILES string of the molecule is CC[C@H](C)NC(=O)Cn1ccc(=O)c2cc(Br)ccc21. The van der Waals surface area contributed by atoms with Crippen molar-refractivity contribution in [2.75, 3.05) is 0 Å². The Morgan fingerprint density at radius 1 is 1.40 bits per heavy atom. The summed E-state index contributed by atoms with van der Waals surface area (Å²) in [7, 11) is 0. The first kappa shape index (κ1) is 14.8. The first-order chi connectivity index (χ1) is 9.51. The van der Waals surface area contributed by atoms with E-state index in [1.807, 2.05) is 26.0 Å². The molecule has 0 bridgehead atoms. The second-order valence-corrected chi connectivity index (χ2v) is 5.76. The second kappa shape index (κ2) is 6.22. The van der Waals surface area contributed by atoms with Crippen LogP contribution < -0.4 is 10.7 Å². The van der Waals surface area contributed by atoms with Crippen molar-refractivity contribution in [3.05, 3.63) is 45.2 Å². The van der Waals surface area contributed by atoms with E-state index in [0.717, 1.165) is 16.4 Å². The summed E-state index contributed by atoms with van der Waals surface area (Å²) in [5.74, 6) is -0.0489. The van der Waals surface area contributed by atoms with Gasteiger partial charge in [-0.2, -0.15) is 0 Å². The highest BCUT2D eigenvalue weighted by Gasteiger charge is 2.09. The van der Waals surface area contributed by atoms with Gasteiger partial charge in [0.1, 0.15) is 6.54 Å². The van der Waals surface area contributed by atoms with E-state index < -0.39 is 0 Å². The molecule has 0 aliphatic rings. The highest BCUT2D eigenvalue weighted by Crippen LogP contribution is 2.16. The van der Waals surface area contributed by atoms with Crippen LogP contribution in [-0.4, -0.2) is 16.5 Å². The number of hydrogen-bond donors (Lipinski definition) is 1. The molecule has 5 heteroatoms. The van der Waals surface area contributed by atoms with E-state index >= 15 is 0 Å². The molecule has 106 valence electrons. The van der Waals surface area contributed by atoms with E-state index in [1.165, 1.54) is 6.07 Å². The maximum atomic E-state index is 12.0. The van der Waals surface area contributed by atoms with Crippen LogP contribution in [0.5, 0.6) is 0 Å². The van der Waals surface area contributed by atoms with Crippen LogP contribution in [0.1, 0.15) is 20.3 Å². The van der Waals surface area contributed by atoms with Gasteiger partial charge in [0.15, 0.2) is 5.43 Å². The van der Waals surface area contributed by atoms with E-state index in [9.17, 15) is 9.59 Å². The number of benzene rings is 1. The number of aromatic nitrogens is 1. The van der Waals surface area contributed by atoms with E-state index in [4.69, 9.17) is 0 Å². The van der Waals surface area contributed by atoms with Gasteiger partial charge in [0.05, 0.1) is 5.52 Å². The van der Waals surface area contributed by atoms with Crippen molar-refractivity contribution in [2.45, 2.75) is 32.9 Å². The molecule has 20 heavy (non-hydrogen) atoms. The smallest absolute Gasteiger partial charge is 0.240 e.